The summed E-state index contributed by atoms with van der Waals surface area (Å²) in [6, 6.07) is 9.89. The molecule has 43 heavy (non-hydrogen) atoms. The van der Waals surface area contributed by atoms with E-state index in [1.807, 2.05) is 19.1 Å². The molecule has 0 atom stereocenters. The number of hydrogen-bond acceptors (Lipinski definition) is 4. The van der Waals surface area contributed by atoms with Crippen molar-refractivity contribution in [3.63, 3.8) is 0 Å². The molecule has 0 aliphatic heterocycles. The largest absolute Gasteiger partial charge is 0.417 e. The van der Waals surface area contributed by atoms with Gasteiger partial charge in [-0.15, -0.1) is 0 Å². The predicted molar refractivity (Wildman–Crippen MR) is 164 cm³/mol. The second-order valence-corrected chi connectivity index (χ2v) is 8.67. The molecule has 0 radical (unpaired) electrons. The van der Waals surface area contributed by atoms with Crippen molar-refractivity contribution in [2.75, 3.05) is 14.1 Å². The van der Waals surface area contributed by atoms with Crippen molar-refractivity contribution in [2.45, 2.75) is 33.0 Å². The van der Waals surface area contributed by atoms with Crippen LogP contribution < -0.4 is 16.8 Å². The van der Waals surface area contributed by atoms with Crippen LogP contribution in [0.3, 0.4) is 0 Å². The van der Waals surface area contributed by atoms with Gasteiger partial charge in [0.25, 0.3) is 0 Å². The van der Waals surface area contributed by atoms with E-state index in [4.69, 9.17) is 5.73 Å². The topological polar surface area (TPSA) is 118 Å². The summed E-state index contributed by atoms with van der Waals surface area (Å²) in [4.78, 5) is 24.1. The number of aliphatic imine (C=N–C) groups is 3. The van der Waals surface area contributed by atoms with Crippen molar-refractivity contribution < 1.29 is 26.7 Å². The Labute approximate surface area is 248 Å². The van der Waals surface area contributed by atoms with Crippen LogP contribution in [-0.2, 0) is 17.8 Å². The van der Waals surface area contributed by atoms with E-state index >= 15 is 0 Å². The van der Waals surface area contributed by atoms with E-state index in [-0.39, 0.29) is 29.9 Å². The van der Waals surface area contributed by atoms with E-state index in [1.165, 1.54) is 19.5 Å². The first-order valence-corrected chi connectivity index (χ1v) is 12.8. The fourth-order valence-corrected chi connectivity index (χ4v) is 3.60. The van der Waals surface area contributed by atoms with E-state index in [1.54, 1.807) is 38.2 Å². The molecule has 0 unspecified atom stereocenters. The number of nitrogens with zero attached hydrogens (tertiary/aromatic N) is 3. The standard InChI is InChI=1S/C30H30F5N5O.CH5N/c1-5-6-25(19(2)28(36)40-18-38-4)22-10-7-20(8-11-22)13-23(15-24(17-37-3)30(33,34)35)29(41)39-16-21-9-12-26(31)27(32)14-21;1-2/h5-12,14-15,17-18H,3,13,16H2,1-2,4H3,(H,39,41)(H2,36,38,40);2H2,1H3/b6-5-,23-15+,24-17+,25-19-;. The molecule has 0 aliphatic carbocycles. The maximum absolute atomic E-state index is 13.6. The molecule has 7 nitrogen and oxygen atoms in total. The second-order valence-electron chi connectivity index (χ2n) is 8.67. The SMILES string of the molecule is C=N/C=C(\C=C(/Cc1ccc(C(/C=C\C)=C(/C)C(N)=NC=NC)cc1)C(=O)NCc1ccc(F)c(F)c1)C(F)(F)F.CN. The van der Waals surface area contributed by atoms with E-state index in [0.717, 1.165) is 23.3 Å². The number of nitrogens with two attached hydrogens (primary N) is 2. The lowest BCUT2D eigenvalue weighted by Crippen LogP contribution is -2.26. The lowest BCUT2D eigenvalue weighted by molar-refractivity contribution is -0.117. The number of carbonyl (C=O) groups excluding carboxylic acids is 1. The molecule has 230 valence electrons. The minimum Gasteiger partial charge on any atom is -0.383 e. The van der Waals surface area contributed by atoms with Gasteiger partial charge in [-0.1, -0.05) is 42.5 Å². The van der Waals surface area contributed by atoms with Gasteiger partial charge in [-0.25, -0.2) is 13.8 Å². The molecule has 2 aromatic rings. The highest BCUT2D eigenvalue weighted by molar-refractivity contribution is 6.07. The number of rotatable bonds is 11. The summed E-state index contributed by atoms with van der Waals surface area (Å²) >= 11 is 0. The smallest absolute Gasteiger partial charge is 0.383 e. The van der Waals surface area contributed by atoms with Crippen molar-refractivity contribution in [1.29, 1.82) is 0 Å². The van der Waals surface area contributed by atoms with Crippen molar-refractivity contribution >= 4 is 30.4 Å². The zero-order chi connectivity index (χ0) is 32.6. The molecule has 0 saturated carbocycles. The summed E-state index contributed by atoms with van der Waals surface area (Å²) in [5, 5.41) is 2.46. The average Bonchev–Trinajstić information content (AvgIpc) is 2.99. The molecule has 2 rings (SSSR count). The molecule has 0 saturated heterocycles. The number of alkyl halides is 3. The van der Waals surface area contributed by atoms with Crippen LogP contribution in [-0.4, -0.2) is 45.1 Å². The second kappa shape index (κ2) is 18.0. The molecular weight excluding hydrogens is 567 g/mol. The number of allylic oxidation sites excluding steroid dienone is 5. The van der Waals surface area contributed by atoms with Crippen molar-refractivity contribution in [1.82, 2.24) is 5.32 Å². The molecule has 0 aliphatic rings. The van der Waals surface area contributed by atoms with Crippen molar-refractivity contribution in [3.8, 4) is 0 Å². The van der Waals surface area contributed by atoms with Gasteiger partial charge in [0.2, 0.25) is 5.91 Å². The highest BCUT2D eigenvalue weighted by atomic mass is 19.4. The summed E-state index contributed by atoms with van der Waals surface area (Å²) in [5.41, 5.74) is 12.1. The molecule has 0 heterocycles. The minimum atomic E-state index is -4.80. The van der Waals surface area contributed by atoms with Gasteiger partial charge in [0.1, 0.15) is 12.2 Å². The third kappa shape index (κ3) is 11.6. The van der Waals surface area contributed by atoms with Gasteiger partial charge in [-0.3, -0.25) is 14.8 Å². The summed E-state index contributed by atoms with van der Waals surface area (Å²) in [7, 11) is 3.06. The Balaban J connectivity index is 0.00000452. The van der Waals surface area contributed by atoms with Crippen molar-refractivity contribution in [3.05, 3.63) is 112 Å². The minimum absolute atomic E-state index is 0.174. The van der Waals surface area contributed by atoms with E-state index in [9.17, 15) is 26.7 Å². The van der Waals surface area contributed by atoms with Gasteiger partial charge in [0, 0.05) is 31.8 Å². The maximum Gasteiger partial charge on any atom is 0.417 e. The highest BCUT2D eigenvalue weighted by Gasteiger charge is 2.33. The average molecular weight is 603 g/mol. The number of amides is 1. The number of halogens is 5. The Kier molecular flexibility index (Phi) is 15.2. The van der Waals surface area contributed by atoms with Crippen LogP contribution in [0, 0.1) is 11.6 Å². The molecule has 0 fully saturated rings. The van der Waals surface area contributed by atoms with Gasteiger partial charge in [-0.05, 0) is 73.7 Å². The Morgan fingerprint density at radius 1 is 1.05 bits per heavy atom. The Hall–Kier alpha value is -4.71. The van der Waals surface area contributed by atoms with Crippen LogP contribution in [0.15, 0.2) is 98.6 Å². The zero-order valence-corrected chi connectivity index (χ0v) is 24.3. The van der Waals surface area contributed by atoms with E-state index < -0.39 is 29.3 Å². The summed E-state index contributed by atoms with van der Waals surface area (Å²) in [5.74, 6) is -2.74. The first-order valence-electron chi connectivity index (χ1n) is 12.8. The van der Waals surface area contributed by atoms with Crippen LogP contribution in [0.25, 0.3) is 5.57 Å². The third-order valence-electron chi connectivity index (χ3n) is 5.71. The van der Waals surface area contributed by atoms with E-state index in [2.05, 4.69) is 32.7 Å². The highest BCUT2D eigenvalue weighted by Crippen LogP contribution is 2.29. The van der Waals surface area contributed by atoms with Crippen molar-refractivity contribution in [2.24, 2.45) is 26.4 Å². The first-order chi connectivity index (χ1) is 20.4. The number of carbonyl (C=O) groups is 1. The quantitative estimate of drug-likeness (QED) is 0.0987. The lowest BCUT2D eigenvalue weighted by atomic mass is 9.96. The van der Waals surface area contributed by atoms with Gasteiger partial charge in [0.15, 0.2) is 11.6 Å². The van der Waals surface area contributed by atoms with Crippen LogP contribution in [0.2, 0.25) is 0 Å². The maximum atomic E-state index is 13.6. The molecule has 1 amide bonds. The van der Waals surface area contributed by atoms with Crippen LogP contribution in [0.4, 0.5) is 22.0 Å². The number of benzene rings is 2. The third-order valence-corrected chi connectivity index (χ3v) is 5.71. The molecule has 0 spiro atoms. The molecule has 0 bridgehead atoms. The summed E-state index contributed by atoms with van der Waals surface area (Å²) in [6.45, 7) is 6.46. The molecule has 2 aromatic carbocycles. The fourth-order valence-electron chi connectivity index (χ4n) is 3.60. The Bertz CT molecular complexity index is 1440. The van der Waals surface area contributed by atoms with Crippen LogP contribution in [0.5, 0.6) is 0 Å². The Morgan fingerprint density at radius 3 is 2.21 bits per heavy atom. The molecule has 12 heteroatoms. The first kappa shape index (κ1) is 36.3. The van der Waals surface area contributed by atoms with Gasteiger partial charge < -0.3 is 16.8 Å². The van der Waals surface area contributed by atoms with Gasteiger partial charge in [0.05, 0.1) is 5.57 Å². The van der Waals surface area contributed by atoms with E-state index in [0.29, 0.717) is 23.4 Å². The van der Waals surface area contributed by atoms with Gasteiger partial charge in [-0.2, -0.15) is 13.2 Å². The van der Waals surface area contributed by atoms with Crippen LogP contribution in [0.1, 0.15) is 30.5 Å². The van der Waals surface area contributed by atoms with Crippen LogP contribution >= 0.6 is 0 Å². The monoisotopic (exact) mass is 602 g/mol. The molecule has 0 aromatic heterocycles. The zero-order valence-electron chi connectivity index (χ0n) is 24.3. The molecular formula is C31H35F5N6O. The fraction of sp³-hybridized carbons (Fsp3) is 0.226. The number of nitrogens with one attached hydrogen (secondary N) is 1. The lowest BCUT2D eigenvalue weighted by Gasteiger charge is -2.14. The molecule has 5 N–H and O–H groups in total. The summed E-state index contributed by atoms with van der Waals surface area (Å²) < 4.78 is 67.5. The number of hydrogen-bond donors (Lipinski definition) is 3. The number of amidine groups is 1. The Morgan fingerprint density at radius 2 is 1.67 bits per heavy atom. The van der Waals surface area contributed by atoms with Gasteiger partial charge >= 0.3 is 6.18 Å². The predicted octanol–water partition coefficient (Wildman–Crippen LogP) is 5.84. The normalized spacial score (nSPS) is 13.5. The summed E-state index contributed by atoms with van der Waals surface area (Å²) in [6.07, 6.45) is 1.21.